The maximum Gasteiger partial charge on any atom is 0.251 e. The number of carbonyl (C=O) groups is 1. The molecule has 3 aliphatic rings. The molecule has 0 saturated carbocycles. The van der Waals surface area contributed by atoms with Gasteiger partial charge in [-0.25, -0.2) is 5.06 Å². The molecule has 2 bridgehead atoms. The minimum Gasteiger partial charge on any atom is -0.300 e. The molecule has 1 aromatic rings. The molecule has 1 aromatic carbocycles. The number of piperidine rings is 1. The van der Waals surface area contributed by atoms with Crippen LogP contribution in [-0.2, 0) is 9.63 Å². The molecule has 5 heteroatoms. The van der Waals surface area contributed by atoms with E-state index in [4.69, 9.17) is 16.4 Å². The van der Waals surface area contributed by atoms with Crippen molar-refractivity contribution in [2.24, 2.45) is 5.92 Å². The third-order valence-electron chi connectivity index (χ3n) is 5.85. The Bertz CT molecular complexity index is 585. The molecule has 0 N–H and O–H groups in total. The zero-order valence-corrected chi connectivity index (χ0v) is 14.2. The Morgan fingerprint density at radius 2 is 2.04 bits per heavy atom. The predicted octanol–water partition coefficient (Wildman–Crippen LogP) is 3.07. The predicted molar refractivity (Wildman–Crippen MR) is 89.2 cm³/mol. The van der Waals surface area contributed by atoms with E-state index < -0.39 is 0 Å². The van der Waals surface area contributed by atoms with Gasteiger partial charge in [0.1, 0.15) is 0 Å². The molecule has 4 nitrogen and oxygen atoms in total. The molecule has 3 heterocycles. The first kappa shape index (κ1) is 15.4. The quantitative estimate of drug-likeness (QED) is 0.833. The number of fused-ring (bicyclic) bond motifs is 2. The Morgan fingerprint density at radius 3 is 2.74 bits per heavy atom. The summed E-state index contributed by atoms with van der Waals surface area (Å²) < 4.78 is 0. The number of hydrogen-bond acceptors (Lipinski definition) is 3. The number of hydroxylamine groups is 2. The summed E-state index contributed by atoms with van der Waals surface area (Å²) in [6.45, 7) is 1.38. The van der Waals surface area contributed by atoms with Crippen LogP contribution in [0.2, 0.25) is 5.02 Å². The van der Waals surface area contributed by atoms with E-state index in [1.807, 2.05) is 12.1 Å². The monoisotopic (exact) mass is 334 g/mol. The third kappa shape index (κ3) is 2.67. The van der Waals surface area contributed by atoms with Crippen LogP contribution < -0.4 is 0 Å². The Kier molecular flexibility index (Phi) is 4.08. The van der Waals surface area contributed by atoms with Gasteiger partial charge in [0.25, 0.3) is 5.91 Å². The van der Waals surface area contributed by atoms with Crippen molar-refractivity contribution in [2.45, 2.75) is 43.7 Å². The van der Waals surface area contributed by atoms with Gasteiger partial charge < -0.3 is 0 Å². The summed E-state index contributed by atoms with van der Waals surface area (Å²) in [4.78, 5) is 21.1. The molecule has 3 saturated heterocycles. The highest BCUT2D eigenvalue weighted by Crippen LogP contribution is 2.47. The van der Waals surface area contributed by atoms with Crippen LogP contribution in [0.25, 0.3) is 0 Å². The lowest BCUT2D eigenvalue weighted by atomic mass is 9.75. The van der Waals surface area contributed by atoms with Crippen molar-refractivity contribution in [3.05, 3.63) is 34.9 Å². The maximum absolute atomic E-state index is 13.1. The van der Waals surface area contributed by atoms with Gasteiger partial charge in [-0.2, -0.15) is 0 Å². The molecule has 0 spiro atoms. The molecular weight excluding hydrogens is 312 g/mol. The topological polar surface area (TPSA) is 32.8 Å². The number of carbonyl (C=O) groups excluding carboxylic acids is 1. The van der Waals surface area contributed by atoms with Gasteiger partial charge in [-0.3, -0.25) is 14.5 Å². The lowest BCUT2D eigenvalue weighted by Crippen LogP contribution is -2.51. The summed E-state index contributed by atoms with van der Waals surface area (Å²) in [5.74, 6) is 0.412. The van der Waals surface area contributed by atoms with E-state index in [0.29, 0.717) is 18.7 Å². The van der Waals surface area contributed by atoms with Crippen LogP contribution in [0.15, 0.2) is 24.3 Å². The van der Waals surface area contributed by atoms with Crippen molar-refractivity contribution in [1.82, 2.24) is 9.96 Å². The van der Waals surface area contributed by atoms with Crippen LogP contribution >= 0.6 is 11.6 Å². The molecule has 4 atom stereocenters. The average Bonchev–Trinajstić information content (AvgIpc) is 3.15. The molecule has 0 aromatic heterocycles. The van der Waals surface area contributed by atoms with E-state index in [-0.39, 0.29) is 17.7 Å². The highest BCUT2D eigenvalue weighted by atomic mass is 35.5. The van der Waals surface area contributed by atoms with Crippen LogP contribution in [0.3, 0.4) is 0 Å². The highest BCUT2D eigenvalue weighted by molar-refractivity contribution is 6.30. The molecule has 23 heavy (non-hydrogen) atoms. The van der Waals surface area contributed by atoms with Crippen molar-refractivity contribution in [3.8, 4) is 0 Å². The van der Waals surface area contributed by atoms with Crippen molar-refractivity contribution >= 4 is 17.5 Å². The first-order chi connectivity index (χ1) is 11.1. The second-order valence-corrected chi connectivity index (χ2v) is 7.45. The Hall–Kier alpha value is -1.10. The first-order valence-electron chi connectivity index (χ1n) is 8.57. The molecule has 3 aliphatic heterocycles. The normalized spacial score (nSPS) is 34.1. The minimum atomic E-state index is -0.0157. The highest BCUT2D eigenvalue weighted by Gasteiger charge is 2.50. The van der Waals surface area contributed by atoms with Gasteiger partial charge in [-0.05, 0) is 56.3 Å². The van der Waals surface area contributed by atoms with Gasteiger partial charge in [0.15, 0.2) is 0 Å². The summed E-state index contributed by atoms with van der Waals surface area (Å²) >= 11 is 6.04. The van der Waals surface area contributed by atoms with Crippen LogP contribution in [0.1, 0.15) is 37.2 Å². The molecule has 0 radical (unpaired) electrons. The Balaban J connectivity index is 1.67. The molecule has 0 aliphatic carbocycles. The third-order valence-corrected chi connectivity index (χ3v) is 6.10. The lowest BCUT2D eigenvalue weighted by Gasteiger charge is -2.43. The first-order valence-corrected chi connectivity index (χ1v) is 8.94. The largest absolute Gasteiger partial charge is 0.300 e. The molecular formula is C18H23ClN2O2. The van der Waals surface area contributed by atoms with Gasteiger partial charge in [-0.15, -0.1) is 0 Å². The van der Waals surface area contributed by atoms with Crippen LogP contribution in [0.4, 0.5) is 0 Å². The molecule has 124 valence electrons. The van der Waals surface area contributed by atoms with Gasteiger partial charge in [0.2, 0.25) is 0 Å². The number of hydrogen-bond donors (Lipinski definition) is 0. The van der Waals surface area contributed by atoms with Gasteiger partial charge in [0, 0.05) is 17.1 Å². The zero-order valence-electron chi connectivity index (χ0n) is 13.5. The molecule has 3 fully saturated rings. The van der Waals surface area contributed by atoms with E-state index in [9.17, 15) is 4.79 Å². The fourth-order valence-electron chi connectivity index (χ4n) is 4.64. The summed E-state index contributed by atoms with van der Waals surface area (Å²) in [5.41, 5.74) is 1.23. The van der Waals surface area contributed by atoms with E-state index in [0.717, 1.165) is 30.8 Å². The standard InChI is InChI=1S/C18H23ClN2O2/c1-20-14-7-8-16(20)17(18(22)21-9-2-10-23-21)15(11-14)12-3-5-13(19)6-4-12/h3-6,14-17H,2,7-11H2,1H3/t14-,15-,16?,17?/m1/s1. The number of rotatable bonds is 2. The lowest BCUT2D eigenvalue weighted by molar-refractivity contribution is -0.177. The van der Waals surface area contributed by atoms with Gasteiger partial charge in [0.05, 0.1) is 19.1 Å². The van der Waals surface area contributed by atoms with Crippen LogP contribution in [0, 0.1) is 5.92 Å². The SMILES string of the molecule is CN1C2CC[C@@H]1C[C@H](c1ccc(Cl)cc1)C2C(=O)N1CCCO1. The fraction of sp³-hybridized carbons (Fsp3) is 0.611. The van der Waals surface area contributed by atoms with Gasteiger partial charge in [-0.1, -0.05) is 23.7 Å². The van der Waals surface area contributed by atoms with Crippen molar-refractivity contribution < 1.29 is 9.63 Å². The summed E-state index contributed by atoms with van der Waals surface area (Å²) in [5, 5.41) is 2.36. The fourth-order valence-corrected chi connectivity index (χ4v) is 4.77. The second kappa shape index (κ2) is 6.08. The molecule has 1 amide bonds. The van der Waals surface area contributed by atoms with E-state index in [1.165, 1.54) is 12.0 Å². The second-order valence-electron chi connectivity index (χ2n) is 7.01. The summed E-state index contributed by atoms with van der Waals surface area (Å²) in [6, 6.07) is 8.96. The summed E-state index contributed by atoms with van der Waals surface area (Å²) in [7, 11) is 2.17. The Labute approximate surface area is 142 Å². The van der Waals surface area contributed by atoms with Crippen LogP contribution in [0.5, 0.6) is 0 Å². The zero-order chi connectivity index (χ0) is 16.0. The van der Waals surface area contributed by atoms with Crippen molar-refractivity contribution in [3.63, 3.8) is 0 Å². The van der Waals surface area contributed by atoms with E-state index in [2.05, 4.69) is 24.1 Å². The van der Waals surface area contributed by atoms with Crippen molar-refractivity contribution in [2.75, 3.05) is 20.2 Å². The average molecular weight is 335 g/mol. The summed E-state index contributed by atoms with van der Waals surface area (Å²) in [6.07, 6.45) is 4.28. The minimum absolute atomic E-state index is 0.0157. The van der Waals surface area contributed by atoms with Crippen molar-refractivity contribution in [1.29, 1.82) is 0 Å². The molecule has 4 rings (SSSR count). The number of benzene rings is 1. The maximum atomic E-state index is 13.1. The van der Waals surface area contributed by atoms with E-state index in [1.54, 1.807) is 5.06 Å². The van der Waals surface area contributed by atoms with Gasteiger partial charge >= 0.3 is 0 Å². The number of amides is 1. The Morgan fingerprint density at radius 1 is 1.26 bits per heavy atom. The van der Waals surface area contributed by atoms with E-state index >= 15 is 0 Å². The number of nitrogens with zero attached hydrogens (tertiary/aromatic N) is 2. The molecule has 2 unspecified atom stereocenters. The van der Waals surface area contributed by atoms with Crippen LogP contribution in [-0.4, -0.2) is 48.2 Å². The number of halogens is 1. The smallest absolute Gasteiger partial charge is 0.251 e.